The van der Waals surface area contributed by atoms with E-state index in [2.05, 4.69) is 59.2 Å². The molecule has 0 heterocycles. The van der Waals surface area contributed by atoms with Crippen LogP contribution >= 0.6 is 22.6 Å². The fraction of sp³-hybridized carbons (Fsp3) is 0.600. The van der Waals surface area contributed by atoms with Gasteiger partial charge in [-0.05, 0) is 72.5 Å². The molecule has 0 saturated heterocycles. The molecule has 0 aromatic heterocycles. The van der Waals surface area contributed by atoms with E-state index in [9.17, 15) is 0 Å². The topological polar surface area (TPSA) is 12.0 Å². The lowest BCUT2D eigenvalue weighted by Gasteiger charge is -2.19. The van der Waals surface area contributed by atoms with Gasteiger partial charge in [0, 0.05) is 9.61 Å². The first-order valence-corrected chi connectivity index (χ1v) is 7.77. The minimum absolute atomic E-state index is 0.742. The predicted octanol–water partition coefficient (Wildman–Crippen LogP) is 4.00. The molecular formula is C15H22IN. The van der Waals surface area contributed by atoms with Crippen molar-refractivity contribution in [3.8, 4) is 0 Å². The fourth-order valence-electron chi connectivity index (χ4n) is 2.86. The Labute approximate surface area is 119 Å². The van der Waals surface area contributed by atoms with E-state index in [1.54, 1.807) is 0 Å². The molecule has 1 nitrogen and oxygen atoms in total. The Balaban J connectivity index is 1.94. The second kappa shape index (κ2) is 6.74. The zero-order valence-corrected chi connectivity index (χ0v) is 12.7. The average Bonchev–Trinajstić information content (AvgIpc) is 2.57. The van der Waals surface area contributed by atoms with Gasteiger partial charge in [0.25, 0.3) is 0 Å². The summed E-state index contributed by atoms with van der Waals surface area (Å²) < 4.78 is 1.33. The number of hydrogen-bond donors (Lipinski definition) is 1. The van der Waals surface area contributed by atoms with Crippen LogP contribution in [-0.2, 0) is 6.42 Å². The van der Waals surface area contributed by atoms with E-state index >= 15 is 0 Å². The predicted molar refractivity (Wildman–Crippen MR) is 82.3 cm³/mol. The van der Waals surface area contributed by atoms with E-state index in [1.165, 1.54) is 47.7 Å². The first-order chi connectivity index (χ1) is 8.28. The van der Waals surface area contributed by atoms with Gasteiger partial charge in [0.1, 0.15) is 0 Å². The van der Waals surface area contributed by atoms with Gasteiger partial charge in [-0.2, -0.15) is 0 Å². The third kappa shape index (κ3) is 4.25. The highest BCUT2D eigenvalue weighted by molar-refractivity contribution is 14.1. The van der Waals surface area contributed by atoms with Crippen LogP contribution in [0.4, 0.5) is 0 Å². The monoisotopic (exact) mass is 343 g/mol. The zero-order valence-electron chi connectivity index (χ0n) is 10.6. The number of nitrogens with one attached hydrogen (secondary N) is 1. The molecule has 1 fully saturated rings. The molecule has 0 bridgehead atoms. The Kier molecular flexibility index (Phi) is 5.29. The molecule has 1 aromatic carbocycles. The van der Waals surface area contributed by atoms with E-state index in [-0.39, 0.29) is 0 Å². The zero-order chi connectivity index (χ0) is 12.1. The first-order valence-electron chi connectivity index (χ1n) is 6.69. The summed E-state index contributed by atoms with van der Waals surface area (Å²) in [6, 6.07) is 9.78. The lowest BCUT2D eigenvalue weighted by Crippen LogP contribution is -2.26. The summed E-state index contributed by atoms with van der Waals surface area (Å²) in [7, 11) is 2.11. The molecule has 1 saturated carbocycles. The van der Waals surface area contributed by atoms with Crippen LogP contribution < -0.4 is 5.32 Å². The van der Waals surface area contributed by atoms with Crippen molar-refractivity contribution in [2.75, 3.05) is 7.05 Å². The first kappa shape index (κ1) is 13.3. The molecule has 0 aliphatic heterocycles. The van der Waals surface area contributed by atoms with Gasteiger partial charge in [0.2, 0.25) is 0 Å². The van der Waals surface area contributed by atoms with Gasteiger partial charge in [-0.3, -0.25) is 0 Å². The third-order valence-electron chi connectivity index (χ3n) is 3.88. The average molecular weight is 343 g/mol. The van der Waals surface area contributed by atoms with Crippen LogP contribution in [0.1, 0.15) is 37.7 Å². The van der Waals surface area contributed by atoms with Crippen molar-refractivity contribution >= 4 is 22.6 Å². The summed E-state index contributed by atoms with van der Waals surface area (Å²) in [6.07, 6.45) is 8.18. The molecule has 2 unspecified atom stereocenters. The van der Waals surface area contributed by atoms with Gasteiger partial charge in [0.15, 0.2) is 0 Å². The molecule has 0 spiro atoms. The van der Waals surface area contributed by atoms with Crippen LogP contribution in [0.3, 0.4) is 0 Å². The summed E-state index contributed by atoms with van der Waals surface area (Å²) in [6.45, 7) is 0. The normalized spacial score (nSPS) is 25.5. The molecule has 1 aromatic rings. The highest BCUT2D eigenvalue weighted by Crippen LogP contribution is 2.26. The van der Waals surface area contributed by atoms with Crippen molar-refractivity contribution < 1.29 is 0 Å². The van der Waals surface area contributed by atoms with Crippen molar-refractivity contribution in [2.45, 2.75) is 44.6 Å². The molecule has 2 rings (SSSR count). The molecule has 1 N–H and O–H groups in total. The lowest BCUT2D eigenvalue weighted by molar-refractivity contribution is 0.400. The summed E-state index contributed by atoms with van der Waals surface area (Å²) in [5, 5.41) is 3.47. The largest absolute Gasteiger partial charge is 0.317 e. The number of halogens is 1. The molecule has 94 valence electrons. The molecule has 1 aliphatic carbocycles. The Morgan fingerprint density at radius 3 is 2.59 bits per heavy atom. The molecule has 2 atom stereocenters. The van der Waals surface area contributed by atoms with E-state index in [1.807, 2.05) is 0 Å². The Morgan fingerprint density at radius 1 is 1.18 bits per heavy atom. The van der Waals surface area contributed by atoms with Crippen molar-refractivity contribution in [3.05, 3.63) is 33.4 Å². The molecule has 0 radical (unpaired) electrons. The SMILES string of the molecule is CNC1CCCCC(Cc2ccc(I)cc2)C1. The van der Waals surface area contributed by atoms with Crippen molar-refractivity contribution in [1.82, 2.24) is 5.32 Å². The van der Waals surface area contributed by atoms with Gasteiger partial charge in [-0.15, -0.1) is 0 Å². The Morgan fingerprint density at radius 2 is 1.88 bits per heavy atom. The second-order valence-electron chi connectivity index (χ2n) is 5.20. The maximum Gasteiger partial charge on any atom is 0.0130 e. The summed E-state index contributed by atoms with van der Waals surface area (Å²) in [5.41, 5.74) is 1.51. The van der Waals surface area contributed by atoms with Gasteiger partial charge in [-0.25, -0.2) is 0 Å². The third-order valence-corrected chi connectivity index (χ3v) is 4.60. The molecule has 2 heteroatoms. The van der Waals surface area contributed by atoms with E-state index in [0.29, 0.717) is 0 Å². The summed E-state index contributed by atoms with van der Waals surface area (Å²) in [4.78, 5) is 0. The van der Waals surface area contributed by atoms with Crippen molar-refractivity contribution in [1.29, 1.82) is 0 Å². The highest BCUT2D eigenvalue weighted by Gasteiger charge is 2.19. The van der Waals surface area contributed by atoms with Crippen LogP contribution in [0.5, 0.6) is 0 Å². The van der Waals surface area contributed by atoms with E-state index in [0.717, 1.165) is 12.0 Å². The second-order valence-corrected chi connectivity index (χ2v) is 6.45. The Bertz CT molecular complexity index is 333. The van der Waals surface area contributed by atoms with Crippen LogP contribution in [-0.4, -0.2) is 13.1 Å². The van der Waals surface area contributed by atoms with Gasteiger partial charge in [0.05, 0.1) is 0 Å². The highest BCUT2D eigenvalue weighted by atomic mass is 127. The molecular weight excluding hydrogens is 321 g/mol. The quantitative estimate of drug-likeness (QED) is 0.646. The summed E-state index contributed by atoms with van der Waals surface area (Å²) >= 11 is 2.37. The minimum atomic E-state index is 0.742. The van der Waals surface area contributed by atoms with E-state index in [4.69, 9.17) is 0 Å². The standard InChI is InChI=1S/C15H22IN/c1-17-15-5-3-2-4-13(11-15)10-12-6-8-14(16)9-7-12/h6-9,13,15,17H,2-5,10-11H2,1H3. The van der Waals surface area contributed by atoms with Crippen LogP contribution in [0.15, 0.2) is 24.3 Å². The number of hydrogen-bond acceptors (Lipinski definition) is 1. The van der Waals surface area contributed by atoms with Crippen LogP contribution in [0.25, 0.3) is 0 Å². The van der Waals surface area contributed by atoms with E-state index < -0.39 is 0 Å². The number of rotatable bonds is 3. The molecule has 1 aliphatic rings. The fourth-order valence-corrected chi connectivity index (χ4v) is 3.22. The van der Waals surface area contributed by atoms with Gasteiger partial charge in [-0.1, -0.05) is 31.4 Å². The van der Waals surface area contributed by atoms with Gasteiger partial charge < -0.3 is 5.32 Å². The van der Waals surface area contributed by atoms with Crippen LogP contribution in [0, 0.1) is 9.49 Å². The molecule has 17 heavy (non-hydrogen) atoms. The van der Waals surface area contributed by atoms with Crippen molar-refractivity contribution in [2.24, 2.45) is 5.92 Å². The maximum absolute atomic E-state index is 3.47. The minimum Gasteiger partial charge on any atom is -0.317 e. The maximum atomic E-state index is 3.47. The molecule has 0 amide bonds. The van der Waals surface area contributed by atoms with Crippen LogP contribution in [0.2, 0.25) is 0 Å². The van der Waals surface area contributed by atoms with Crippen molar-refractivity contribution in [3.63, 3.8) is 0 Å². The lowest BCUT2D eigenvalue weighted by atomic mass is 9.91. The Hall–Kier alpha value is -0.0900. The summed E-state index contributed by atoms with van der Waals surface area (Å²) in [5.74, 6) is 0.870. The number of benzene rings is 1. The van der Waals surface area contributed by atoms with Gasteiger partial charge >= 0.3 is 0 Å². The smallest absolute Gasteiger partial charge is 0.0130 e.